The average Bonchev–Trinajstić information content (AvgIpc) is 3.27. The highest BCUT2D eigenvalue weighted by Crippen LogP contribution is 2.36. The Kier molecular flexibility index (Phi) is 4.11. The molecule has 2 atom stereocenters. The molecule has 134 valence electrons. The Morgan fingerprint density at radius 3 is 2.85 bits per heavy atom. The molecule has 9 heteroatoms. The number of aromatic nitrogens is 4. The van der Waals surface area contributed by atoms with Crippen molar-refractivity contribution in [2.24, 2.45) is 0 Å². The Morgan fingerprint density at radius 2 is 2.15 bits per heavy atom. The number of hydrogen-bond donors (Lipinski definition) is 3. The van der Waals surface area contributed by atoms with Crippen LogP contribution in [0.1, 0.15) is 22.5 Å². The minimum atomic E-state index is -1.09. The summed E-state index contributed by atoms with van der Waals surface area (Å²) in [5.41, 5.74) is 0.215. The van der Waals surface area contributed by atoms with Gasteiger partial charge in [-0.05, 0) is 12.1 Å². The molecule has 1 aromatic carbocycles. The van der Waals surface area contributed by atoms with Crippen molar-refractivity contribution in [3.05, 3.63) is 54.1 Å². The van der Waals surface area contributed by atoms with Gasteiger partial charge in [0, 0.05) is 12.0 Å². The first-order valence-electron chi connectivity index (χ1n) is 8.11. The summed E-state index contributed by atoms with van der Waals surface area (Å²) < 4.78 is 7.10. The highest BCUT2D eigenvalue weighted by atomic mass is 16.5. The van der Waals surface area contributed by atoms with E-state index in [0.717, 1.165) is 0 Å². The van der Waals surface area contributed by atoms with E-state index in [9.17, 15) is 15.0 Å². The van der Waals surface area contributed by atoms with Crippen molar-refractivity contribution in [1.29, 1.82) is 0 Å². The minimum Gasteiger partial charge on any atom is -0.393 e. The van der Waals surface area contributed by atoms with Gasteiger partial charge in [-0.15, -0.1) is 0 Å². The van der Waals surface area contributed by atoms with Gasteiger partial charge in [-0.25, -0.2) is 14.5 Å². The van der Waals surface area contributed by atoms with Crippen molar-refractivity contribution in [2.45, 2.75) is 18.1 Å². The van der Waals surface area contributed by atoms with Gasteiger partial charge in [-0.2, -0.15) is 5.10 Å². The number of amides is 1. The van der Waals surface area contributed by atoms with Crippen molar-refractivity contribution in [2.75, 3.05) is 18.5 Å². The van der Waals surface area contributed by atoms with Crippen LogP contribution in [-0.2, 0) is 10.3 Å². The highest BCUT2D eigenvalue weighted by molar-refractivity contribution is 6.05. The van der Waals surface area contributed by atoms with Crippen molar-refractivity contribution in [3.8, 4) is 0 Å². The van der Waals surface area contributed by atoms with Gasteiger partial charge in [0.25, 0.3) is 5.91 Å². The normalized spacial score (nSPS) is 22.6. The number of imidazole rings is 1. The Balaban J connectivity index is 1.71. The number of carbonyl (C=O) groups excluding carboxylic acids is 1. The SMILES string of the molecule is O=C(Nc1ncnn2c(C3(CO)CC(O)CO3)cnc12)c1ccccc1. The number of fused-ring (bicyclic) bond motifs is 1. The highest BCUT2D eigenvalue weighted by Gasteiger charge is 2.44. The van der Waals surface area contributed by atoms with E-state index < -0.39 is 11.7 Å². The second kappa shape index (κ2) is 6.45. The number of hydrogen-bond acceptors (Lipinski definition) is 7. The Morgan fingerprint density at radius 1 is 1.35 bits per heavy atom. The first-order chi connectivity index (χ1) is 12.6. The van der Waals surface area contributed by atoms with Gasteiger partial charge in [0.05, 0.1) is 31.2 Å². The second-order valence-electron chi connectivity index (χ2n) is 6.13. The molecule has 1 amide bonds. The zero-order chi connectivity index (χ0) is 18.1. The summed E-state index contributed by atoms with van der Waals surface area (Å²) in [6.07, 6.45) is 2.35. The molecule has 0 saturated carbocycles. The molecule has 3 aromatic rings. The molecule has 1 aliphatic rings. The fourth-order valence-electron chi connectivity index (χ4n) is 3.11. The number of aliphatic hydroxyl groups is 2. The molecule has 1 aliphatic heterocycles. The van der Waals surface area contributed by atoms with E-state index in [0.29, 0.717) is 16.9 Å². The largest absolute Gasteiger partial charge is 0.393 e. The Bertz CT molecular complexity index is 945. The molecule has 0 spiro atoms. The van der Waals surface area contributed by atoms with Crippen LogP contribution in [-0.4, -0.2) is 55.0 Å². The number of nitrogens with one attached hydrogen (secondary N) is 1. The molecule has 3 N–H and O–H groups in total. The first kappa shape index (κ1) is 16.6. The summed E-state index contributed by atoms with van der Waals surface area (Å²) in [5, 5.41) is 26.5. The Hall–Kier alpha value is -2.88. The lowest BCUT2D eigenvalue weighted by Gasteiger charge is -2.24. The molecule has 0 bridgehead atoms. The summed E-state index contributed by atoms with van der Waals surface area (Å²) >= 11 is 0. The van der Waals surface area contributed by atoms with Crippen LogP contribution in [0, 0.1) is 0 Å². The zero-order valence-electron chi connectivity index (χ0n) is 13.7. The van der Waals surface area contributed by atoms with Crippen molar-refractivity contribution < 1.29 is 19.7 Å². The number of anilines is 1. The van der Waals surface area contributed by atoms with Crippen LogP contribution < -0.4 is 5.32 Å². The number of ether oxygens (including phenoxy) is 1. The molecule has 2 unspecified atom stereocenters. The van der Waals surface area contributed by atoms with Gasteiger partial charge < -0.3 is 20.3 Å². The number of carbonyl (C=O) groups is 1. The summed E-state index contributed by atoms with van der Waals surface area (Å²) in [6.45, 7) is -0.204. The molecule has 9 nitrogen and oxygen atoms in total. The second-order valence-corrected chi connectivity index (χ2v) is 6.13. The molecule has 4 rings (SSSR count). The summed E-state index contributed by atoms with van der Waals surface area (Å²) in [4.78, 5) is 20.8. The van der Waals surface area contributed by atoms with Crippen molar-refractivity contribution in [1.82, 2.24) is 19.6 Å². The third-order valence-electron chi connectivity index (χ3n) is 4.41. The van der Waals surface area contributed by atoms with Gasteiger partial charge in [0.1, 0.15) is 11.9 Å². The molecule has 0 aliphatic carbocycles. The van der Waals surface area contributed by atoms with Crippen molar-refractivity contribution >= 4 is 17.4 Å². The average molecular weight is 355 g/mol. The first-order valence-corrected chi connectivity index (χ1v) is 8.11. The maximum absolute atomic E-state index is 12.4. The molecule has 2 aromatic heterocycles. The fourth-order valence-corrected chi connectivity index (χ4v) is 3.11. The van der Waals surface area contributed by atoms with E-state index in [2.05, 4.69) is 20.4 Å². The standard InChI is InChI=1S/C17H17N5O4/c23-9-17(6-12(24)8-26-17)13-7-18-15-14(19-10-20-22(13)15)21-16(25)11-4-2-1-3-5-11/h1-5,7,10,12,23-24H,6,8-9H2,(H,19,20,21,25). The van der Waals surface area contributed by atoms with E-state index in [-0.39, 0.29) is 31.4 Å². The minimum absolute atomic E-state index is 0.122. The van der Waals surface area contributed by atoms with E-state index in [1.807, 2.05) is 6.07 Å². The molecule has 0 radical (unpaired) electrons. The van der Waals surface area contributed by atoms with Gasteiger partial charge in [-0.3, -0.25) is 4.79 Å². The fraction of sp³-hybridized carbons (Fsp3) is 0.294. The molecule has 1 fully saturated rings. The van der Waals surface area contributed by atoms with E-state index in [1.54, 1.807) is 24.3 Å². The Labute approximate surface area is 148 Å². The van der Waals surface area contributed by atoms with Crippen LogP contribution in [0.2, 0.25) is 0 Å². The monoisotopic (exact) mass is 355 g/mol. The number of aliphatic hydroxyl groups excluding tert-OH is 2. The maximum Gasteiger partial charge on any atom is 0.256 e. The van der Waals surface area contributed by atoms with Crippen LogP contribution >= 0.6 is 0 Å². The van der Waals surface area contributed by atoms with Crippen LogP contribution in [0.4, 0.5) is 5.82 Å². The number of nitrogens with zero attached hydrogens (tertiary/aromatic N) is 4. The van der Waals surface area contributed by atoms with Crippen LogP contribution in [0.5, 0.6) is 0 Å². The molecular formula is C17H17N5O4. The lowest BCUT2D eigenvalue weighted by Crippen LogP contribution is -2.32. The third kappa shape index (κ3) is 2.71. The lowest BCUT2D eigenvalue weighted by atomic mass is 9.96. The van der Waals surface area contributed by atoms with Gasteiger partial charge in [0.15, 0.2) is 11.5 Å². The molecule has 3 heterocycles. The van der Waals surface area contributed by atoms with Crippen molar-refractivity contribution in [3.63, 3.8) is 0 Å². The summed E-state index contributed by atoms with van der Waals surface area (Å²) in [5.74, 6) is -0.0769. The lowest BCUT2D eigenvalue weighted by molar-refractivity contribution is -0.0481. The molecule has 26 heavy (non-hydrogen) atoms. The quantitative estimate of drug-likeness (QED) is 0.617. The maximum atomic E-state index is 12.4. The predicted octanol–water partition coefficient (Wildman–Crippen LogP) is 0.345. The van der Waals surface area contributed by atoms with Gasteiger partial charge >= 0.3 is 0 Å². The van der Waals surface area contributed by atoms with E-state index in [4.69, 9.17) is 4.74 Å². The van der Waals surface area contributed by atoms with Crippen LogP contribution in [0.3, 0.4) is 0 Å². The van der Waals surface area contributed by atoms with Gasteiger partial charge in [0.2, 0.25) is 0 Å². The predicted molar refractivity (Wildman–Crippen MR) is 90.5 cm³/mol. The van der Waals surface area contributed by atoms with Gasteiger partial charge in [-0.1, -0.05) is 18.2 Å². The topological polar surface area (TPSA) is 122 Å². The van der Waals surface area contributed by atoms with E-state index >= 15 is 0 Å². The third-order valence-corrected chi connectivity index (χ3v) is 4.41. The zero-order valence-corrected chi connectivity index (χ0v) is 13.7. The number of rotatable bonds is 4. The number of benzene rings is 1. The molecule has 1 saturated heterocycles. The van der Waals surface area contributed by atoms with Crippen LogP contribution in [0.25, 0.3) is 5.65 Å². The van der Waals surface area contributed by atoms with Crippen LogP contribution in [0.15, 0.2) is 42.9 Å². The summed E-state index contributed by atoms with van der Waals surface area (Å²) in [7, 11) is 0. The smallest absolute Gasteiger partial charge is 0.256 e. The van der Waals surface area contributed by atoms with E-state index in [1.165, 1.54) is 17.0 Å². The molecular weight excluding hydrogens is 338 g/mol. The summed E-state index contributed by atoms with van der Waals surface area (Å²) in [6, 6.07) is 8.75.